The number of hydrogen-bond donors (Lipinski definition) is 0. The summed E-state index contributed by atoms with van der Waals surface area (Å²) in [5, 5.41) is 0. The van der Waals surface area contributed by atoms with Crippen LogP contribution >= 0.6 is 11.1 Å². The predicted molar refractivity (Wildman–Crippen MR) is 54.3 cm³/mol. The summed E-state index contributed by atoms with van der Waals surface area (Å²) in [5.41, 5.74) is 0. The molecule has 0 spiro atoms. The van der Waals surface area contributed by atoms with E-state index in [1.54, 1.807) is 0 Å². The minimum Gasteiger partial charge on any atom is -0.171 e. The van der Waals surface area contributed by atoms with Gasteiger partial charge in [0.25, 0.3) is 0 Å². The lowest BCUT2D eigenvalue weighted by molar-refractivity contribution is 0.810. The molecule has 2 heteroatoms. The summed E-state index contributed by atoms with van der Waals surface area (Å²) in [6.45, 7) is 2.22. The fourth-order valence-corrected chi connectivity index (χ4v) is 1.58. The van der Waals surface area contributed by atoms with Crippen molar-refractivity contribution >= 4 is 19.9 Å². The molecule has 64 valence electrons. The molecular formula is C9H17ClSi. The Hall–Kier alpha value is 0.247. The van der Waals surface area contributed by atoms with E-state index in [0.717, 1.165) is 0 Å². The quantitative estimate of drug-likeness (QED) is 0.247. The van der Waals surface area contributed by atoms with Gasteiger partial charge in [0.15, 0.2) is 8.83 Å². The first-order chi connectivity index (χ1) is 5.41. The van der Waals surface area contributed by atoms with Crippen molar-refractivity contribution in [2.24, 2.45) is 0 Å². The van der Waals surface area contributed by atoms with Crippen LogP contribution in [0.2, 0.25) is 6.04 Å². The first-order valence-corrected chi connectivity index (χ1v) is 6.62. The molecule has 0 amide bonds. The molecule has 0 nitrogen and oxygen atoms in total. The molecule has 0 fully saturated rings. The average molecular weight is 189 g/mol. The Morgan fingerprint density at radius 2 is 1.82 bits per heavy atom. The zero-order valence-electron chi connectivity index (χ0n) is 7.28. The molecule has 0 aliphatic rings. The Labute approximate surface area is 77.6 Å². The van der Waals surface area contributed by atoms with E-state index in [9.17, 15) is 0 Å². The van der Waals surface area contributed by atoms with E-state index in [0.29, 0.717) is 8.83 Å². The van der Waals surface area contributed by atoms with Crippen molar-refractivity contribution in [3.63, 3.8) is 0 Å². The molecule has 0 aliphatic heterocycles. The molecule has 0 unspecified atom stereocenters. The zero-order chi connectivity index (χ0) is 8.36. The molecule has 0 rings (SSSR count). The second-order valence-electron chi connectivity index (χ2n) is 2.64. The van der Waals surface area contributed by atoms with Crippen LogP contribution in [0.3, 0.4) is 0 Å². The maximum Gasteiger partial charge on any atom is 0.171 e. The predicted octanol–water partition coefficient (Wildman–Crippen LogP) is 3.79. The van der Waals surface area contributed by atoms with Crippen molar-refractivity contribution in [1.82, 2.24) is 0 Å². The molecule has 0 aliphatic carbocycles. The summed E-state index contributed by atoms with van der Waals surface area (Å²) in [5.74, 6) is 0. The van der Waals surface area contributed by atoms with Crippen LogP contribution in [0.5, 0.6) is 0 Å². The smallest absolute Gasteiger partial charge is 0.171 e. The van der Waals surface area contributed by atoms with E-state index in [4.69, 9.17) is 11.1 Å². The standard InChI is InChI=1S/C9H17ClSi/c1-2-3-4-5-6-7-8-9-11-10/h5-6H,2-4,7-9H2,1H3. The number of hydrogen-bond acceptors (Lipinski definition) is 0. The number of rotatable bonds is 7. The van der Waals surface area contributed by atoms with Crippen LogP contribution in [0.15, 0.2) is 12.2 Å². The summed E-state index contributed by atoms with van der Waals surface area (Å²) in [6, 6.07) is 1.18. The van der Waals surface area contributed by atoms with Gasteiger partial charge in [-0.25, -0.2) is 0 Å². The zero-order valence-corrected chi connectivity index (χ0v) is 9.03. The lowest BCUT2D eigenvalue weighted by atomic mass is 10.2. The highest BCUT2D eigenvalue weighted by Crippen LogP contribution is 2.00. The molecule has 2 radical (unpaired) electrons. The third kappa shape index (κ3) is 10.2. The van der Waals surface area contributed by atoms with Gasteiger partial charge in [-0.3, -0.25) is 0 Å². The van der Waals surface area contributed by atoms with E-state index in [1.165, 1.54) is 38.1 Å². The largest absolute Gasteiger partial charge is 0.171 e. The van der Waals surface area contributed by atoms with E-state index < -0.39 is 0 Å². The lowest BCUT2D eigenvalue weighted by Gasteiger charge is -1.90. The first-order valence-electron chi connectivity index (χ1n) is 4.40. The lowest BCUT2D eigenvalue weighted by Crippen LogP contribution is -1.76. The van der Waals surface area contributed by atoms with Crippen LogP contribution in [0.4, 0.5) is 0 Å². The molecule has 0 aromatic rings. The highest BCUT2D eigenvalue weighted by atomic mass is 35.6. The van der Waals surface area contributed by atoms with Crippen LogP contribution in [0.1, 0.15) is 39.0 Å². The SMILES string of the molecule is CCCCC=CCCC[Si]Cl. The van der Waals surface area contributed by atoms with Crippen LogP contribution in [-0.2, 0) is 0 Å². The highest BCUT2D eigenvalue weighted by Gasteiger charge is 1.83. The van der Waals surface area contributed by atoms with Crippen molar-refractivity contribution in [3.05, 3.63) is 12.2 Å². The van der Waals surface area contributed by atoms with Gasteiger partial charge < -0.3 is 0 Å². The van der Waals surface area contributed by atoms with Crippen molar-refractivity contribution in [1.29, 1.82) is 0 Å². The van der Waals surface area contributed by atoms with E-state index in [-0.39, 0.29) is 0 Å². The van der Waals surface area contributed by atoms with E-state index in [2.05, 4.69) is 19.1 Å². The van der Waals surface area contributed by atoms with Gasteiger partial charge in [0.05, 0.1) is 0 Å². The number of unbranched alkanes of at least 4 members (excludes halogenated alkanes) is 3. The monoisotopic (exact) mass is 188 g/mol. The van der Waals surface area contributed by atoms with Gasteiger partial charge in [-0.05, 0) is 18.9 Å². The van der Waals surface area contributed by atoms with Gasteiger partial charge in [0, 0.05) is 0 Å². The molecule has 11 heavy (non-hydrogen) atoms. The molecule has 0 heterocycles. The van der Waals surface area contributed by atoms with Gasteiger partial charge in [-0.15, -0.1) is 0 Å². The summed E-state index contributed by atoms with van der Waals surface area (Å²) < 4.78 is 0. The van der Waals surface area contributed by atoms with Gasteiger partial charge in [0.2, 0.25) is 0 Å². The molecule has 0 saturated heterocycles. The van der Waals surface area contributed by atoms with Crippen molar-refractivity contribution in [3.8, 4) is 0 Å². The average Bonchev–Trinajstić information content (AvgIpc) is 2.03. The molecular weight excluding hydrogens is 172 g/mol. The fourth-order valence-electron chi connectivity index (χ4n) is 0.844. The molecule has 0 atom stereocenters. The van der Waals surface area contributed by atoms with E-state index in [1.807, 2.05) is 0 Å². The van der Waals surface area contributed by atoms with Crippen LogP contribution in [0, 0.1) is 0 Å². The summed E-state index contributed by atoms with van der Waals surface area (Å²) in [4.78, 5) is 0. The third-order valence-electron chi connectivity index (χ3n) is 1.53. The van der Waals surface area contributed by atoms with Gasteiger partial charge in [-0.1, -0.05) is 38.3 Å². The van der Waals surface area contributed by atoms with E-state index >= 15 is 0 Å². The summed E-state index contributed by atoms with van der Waals surface area (Å²) in [7, 11) is 0.608. The second kappa shape index (κ2) is 10.2. The van der Waals surface area contributed by atoms with Crippen LogP contribution in [0.25, 0.3) is 0 Å². The van der Waals surface area contributed by atoms with Gasteiger partial charge in [-0.2, -0.15) is 11.1 Å². The van der Waals surface area contributed by atoms with Crippen LogP contribution < -0.4 is 0 Å². The molecule has 0 bridgehead atoms. The van der Waals surface area contributed by atoms with Gasteiger partial charge >= 0.3 is 0 Å². The van der Waals surface area contributed by atoms with Crippen molar-refractivity contribution in [2.75, 3.05) is 0 Å². The van der Waals surface area contributed by atoms with Gasteiger partial charge in [0.1, 0.15) is 0 Å². The third-order valence-corrected chi connectivity index (χ3v) is 2.64. The molecule has 0 aromatic heterocycles. The maximum absolute atomic E-state index is 5.57. The number of allylic oxidation sites excluding steroid dienone is 2. The Kier molecular flexibility index (Phi) is 10.5. The second-order valence-corrected chi connectivity index (χ2v) is 4.21. The highest BCUT2D eigenvalue weighted by molar-refractivity contribution is 6.93. The molecule has 0 aromatic carbocycles. The summed E-state index contributed by atoms with van der Waals surface area (Å²) in [6.07, 6.45) is 10.9. The maximum atomic E-state index is 5.57. The van der Waals surface area contributed by atoms with Crippen molar-refractivity contribution in [2.45, 2.75) is 45.1 Å². The fraction of sp³-hybridized carbons (Fsp3) is 0.778. The minimum absolute atomic E-state index is 0.608. The molecule has 0 N–H and O–H groups in total. The summed E-state index contributed by atoms with van der Waals surface area (Å²) >= 11 is 5.57. The Morgan fingerprint density at radius 1 is 1.18 bits per heavy atom. The minimum atomic E-state index is 0.608. The Balaban J connectivity index is 2.91. The van der Waals surface area contributed by atoms with Crippen LogP contribution in [-0.4, -0.2) is 8.83 Å². The topological polar surface area (TPSA) is 0 Å². The normalized spacial score (nSPS) is 11.1. The Bertz CT molecular complexity index is 91.6. The Morgan fingerprint density at radius 3 is 2.36 bits per heavy atom. The van der Waals surface area contributed by atoms with Crippen molar-refractivity contribution < 1.29 is 0 Å². The molecule has 0 saturated carbocycles. The number of halogens is 1. The first kappa shape index (κ1) is 11.2.